The molecule has 0 radical (unpaired) electrons. The van der Waals surface area contributed by atoms with Gasteiger partial charge in [-0.2, -0.15) is 0 Å². The average molecular weight is 221 g/mol. The van der Waals surface area contributed by atoms with Crippen molar-refractivity contribution in [3.63, 3.8) is 0 Å². The molecular weight excluding hydrogens is 201 g/mol. The molecule has 1 unspecified atom stereocenters. The summed E-state index contributed by atoms with van der Waals surface area (Å²) >= 11 is 0. The molecular formula is C14H20FN. The molecule has 0 bridgehead atoms. The Kier molecular flexibility index (Phi) is 3.94. The zero-order valence-corrected chi connectivity index (χ0v) is 9.88. The minimum absolute atomic E-state index is 0.124. The first kappa shape index (κ1) is 11.6. The van der Waals surface area contributed by atoms with Crippen molar-refractivity contribution in [2.45, 2.75) is 38.6 Å². The number of benzene rings is 1. The molecule has 1 aromatic carbocycles. The highest BCUT2D eigenvalue weighted by Gasteiger charge is 2.26. The number of halogens is 1. The second kappa shape index (κ2) is 5.44. The lowest BCUT2D eigenvalue weighted by Gasteiger charge is -2.34. The molecule has 1 nitrogen and oxygen atoms in total. The van der Waals surface area contributed by atoms with E-state index in [2.05, 4.69) is 12.2 Å². The maximum atomic E-state index is 13.1. The minimum atomic E-state index is -0.124. The van der Waals surface area contributed by atoms with E-state index in [1.807, 2.05) is 6.07 Å². The fraction of sp³-hybridized carbons (Fsp3) is 0.571. The van der Waals surface area contributed by atoms with Gasteiger partial charge >= 0.3 is 0 Å². The third kappa shape index (κ3) is 2.82. The quantitative estimate of drug-likeness (QED) is 0.805. The monoisotopic (exact) mass is 221 g/mol. The van der Waals surface area contributed by atoms with Crippen LogP contribution in [0.25, 0.3) is 0 Å². The van der Waals surface area contributed by atoms with Gasteiger partial charge in [-0.1, -0.05) is 25.5 Å². The SMILES string of the molecule is CCNC(Cc1cccc(F)c1)C1CCC1. The Morgan fingerprint density at radius 2 is 2.25 bits per heavy atom. The van der Waals surface area contributed by atoms with Gasteiger partial charge in [0.05, 0.1) is 0 Å². The molecule has 1 aliphatic carbocycles. The van der Waals surface area contributed by atoms with Crippen molar-refractivity contribution in [1.29, 1.82) is 0 Å². The summed E-state index contributed by atoms with van der Waals surface area (Å²) in [6, 6.07) is 7.51. The van der Waals surface area contributed by atoms with Crippen molar-refractivity contribution >= 4 is 0 Å². The van der Waals surface area contributed by atoms with Crippen LogP contribution in [0.5, 0.6) is 0 Å². The molecule has 16 heavy (non-hydrogen) atoms. The maximum absolute atomic E-state index is 13.1. The second-order valence-electron chi connectivity index (χ2n) is 4.69. The minimum Gasteiger partial charge on any atom is -0.314 e. The number of hydrogen-bond acceptors (Lipinski definition) is 1. The molecule has 0 amide bonds. The molecule has 0 aliphatic heterocycles. The van der Waals surface area contributed by atoms with Crippen LogP contribution in [0.1, 0.15) is 31.7 Å². The molecule has 88 valence electrons. The molecule has 2 rings (SSSR count). The lowest BCUT2D eigenvalue weighted by atomic mass is 9.77. The lowest BCUT2D eigenvalue weighted by Crippen LogP contribution is -2.41. The van der Waals surface area contributed by atoms with Gasteiger partial charge < -0.3 is 5.32 Å². The van der Waals surface area contributed by atoms with E-state index in [4.69, 9.17) is 0 Å². The fourth-order valence-electron chi connectivity index (χ4n) is 2.43. The van der Waals surface area contributed by atoms with E-state index in [0.717, 1.165) is 24.4 Å². The smallest absolute Gasteiger partial charge is 0.123 e. The summed E-state index contributed by atoms with van der Waals surface area (Å²) in [6.45, 7) is 3.13. The van der Waals surface area contributed by atoms with E-state index in [1.54, 1.807) is 12.1 Å². The Morgan fingerprint density at radius 3 is 2.81 bits per heavy atom. The van der Waals surface area contributed by atoms with Gasteiger partial charge in [-0.05, 0) is 49.4 Å². The van der Waals surface area contributed by atoms with Gasteiger partial charge in [0.1, 0.15) is 5.82 Å². The molecule has 0 aromatic heterocycles. The van der Waals surface area contributed by atoms with Crippen LogP contribution in [-0.4, -0.2) is 12.6 Å². The van der Waals surface area contributed by atoms with Crippen LogP contribution in [0, 0.1) is 11.7 Å². The first-order valence-corrected chi connectivity index (χ1v) is 6.27. The largest absolute Gasteiger partial charge is 0.314 e. The van der Waals surface area contributed by atoms with Gasteiger partial charge in [-0.25, -0.2) is 4.39 Å². The second-order valence-corrected chi connectivity index (χ2v) is 4.69. The van der Waals surface area contributed by atoms with E-state index in [9.17, 15) is 4.39 Å². The van der Waals surface area contributed by atoms with E-state index < -0.39 is 0 Å². The van der Waals surface area contributed by atoms with E-state index in [1.165, 1.54) is 25.3 Å². The Morgan fingerprint density at radius 1 is 1.44 bits per heavy atom. The van der Waals surface area contributed by atoms with Crippen LogP contribution >= 0.6 is 0 Å². The van der Waals surface area contributed by atoms with Crippen molar-refractivity contribution in [1.82, 2.24) is 5.32 Å². The fourth-order valence-corrected chi connectivity index (χ4v) is 2.43. The Balaban J connectivity index is 1.98. The summed E-state index contributed by atoms with van der Waals surface area (Å²) in [5.41, 5.74) is 1.11. The maximum Gasteiger partial charge on any atom is 0.123 e. The van der Waals surface area contributed by atoms with Crippen LogP contribution in [0.15, 0.2) is 24.3 Å². The molecule has 1 atom stereocenters. The number of likely N-dealkylation sites (N-methyl/N-ethyl adjacent to an activating group) is 1. The molecule has 1 saturated carbocycles. The van der Waals surface area contributed by atoms with Crippen LogP contribution in [0.2, 0.25) is 0 Å². The third-order valence-corrected chi connectivity index (χ3v) is 3.53. The van der Waals surface area contributed by atoms with Gasteiger partial charge in [0.25, 0.3) is 0 Å². The van der Waals surface area contributed by atoms with Gasteiger partial charge in [-0.3, -0.25) is 0 Å². The zero-order chi connectivity index (χ0) is 11.4. The molecule has 1 fully saturated rings. The highest BCUT2D eigenvalue weighted by Crippen LogP contribution is 2.31. The molecule has 2 heteroatoms. The number of hydrogen-bond donors (Lipinski definition) is 1. The number of nitrogens with one attached hydrogen (secondary N) is 1. The Labute approximate surface area is 97.1 Å². The topological polar surface area (TPSA) is 12.0 Å². The van der Waals surface area contributed by atoms with Crippen molar-refractivity contribution in [3.8, 4) is 0 Å². The Hall–Kier alpha value is -0.890. The third-order valence-electron chi connectivity index (χ3n) is 3.53. The van der Waals surface area contributed by atoms with Gasteiger partial charge in [0.2, 0.25) is 0 Å². The standard InChI is InChI=1S/C14H20FN/c1-2-16-14(12-6-4-7-12)10-11-5-3-8-13(15)9-11/h3,5,8-9,12,14,16H,2,4,6-7,10H2,1H3. The van der Waals surface area contributed by atoms with Gasteiger partial charge in [0, 0.05) is 6.04 Å². The molecule has 0 spiro atoms. The first-order chi connectivity index (χ1) is 7.79. The predicted molar refractivity (Wildman–Crippen MR) is 64.9 cm³/mol. The van der Waals surface area contributed by atoms with E-state index in [-0.39, 0.29) is 5.82 Å². The molecule has 1 aromatic rings. The average Bonchev–Trinajstić information content (AvgIpc) is 2.15. The number of rotatable bonds is 5. The summed E-state index contributed by atoms with van der Waals surface area (Å²) < 4.78 is 13.1. The van der Waals surface area contributed by atoms with E-state index >= 15 is 0 Å². The van der Waals surface area contributed by atoms with Gasteiger partial charge in [0.15, 0.2) is 0 Å². The van der Waals surface area contributed by atoms with Crippen molar-refractivity contribution in [2.75, 3.05) is 6.54 Å². The van der Waals surface area contributed by atoms with Crippen LogP contribution in [0.4, 0.5) is 4.39 Å². The van der Waals surface area contributed by atoms with Crippen molar-refractivity contribution in [2.24, 2.45) is 5.92 Å². The molecule has 1 N–H and O–H groups in total. The molecule has 1 aliphatic rings. The normalized spacial score (nSPS) is 18.1. The zero-order valence-electron chi connectivity index (χ0n) is 9.88. The highest BCUT2D eigenvalue weighted by molar-refractivity contribution is 5.17. The van der Waals surface area contributed by atoms with Crippen LogP contribution in [0.3, 0.4) is 0 Å². The summed E-state index contributed by atoms with van der Waals surface area (Å²) in [5, 5.41) is 3.53. The first-order valence-electron chi connectivity index (χ1n) is 6.27. The lowest BCUT2D eigenvalue weighted by molar-refractivity contribution is 0.229. The van der Waals surface area contributed by atoms with Gasteiger partial charge in [-0.15, -0.1) is 0 Å². The summed E-state index contributed by atoms with van der Waals surface area (Å²) in [4.78, 5) is 0. The van der Waals surface area contributed by atoms with Crippen molar-refractivity contribution < 1.29 is 4.39 Å². The predicted octanol–water partition coefficient (Wildman–Crippen LogP) is 3.15. The van der Waals surface area contributed by atoms with Crippen LogP contribution in [-0.2, 0) is 6.42 Å². The van der Waals surface area contributed by atoms with Crippen molar-refractivity contribution in [3.05, 3.63) is 35.6 Å². The van der Waals surface area contributed by atoms with Crippen LogP contribution < -0.4 is 5.32 Å². The van der Waals surface area contributed by atoms with E-state index in [0.29, 0.717) is 6.04 Å². The highest BCUT2D eigenvalue weighted by atomic mass is 19.1. The molecule has 0 heterocycles. The summed E-state index contributed by atoms with van der Waals surface area (Å²) in [5.74, 6) is 0.671. The summed E-state index contributed by atoms with van der Waals surface area (Å²) in [7, 11) is 0. The molecule has 0 saturated heterocycles. The summed E-state index contributed by atoms with van der Waals surface area (Å²) in [6.07, 6.45) is 4.96. The Bertz CT molecular complexity index is 333.